The summed E-state index contributed by atoms with van der Waals surface area (Å²) in [7, 11) is 0. The van der Waals surface area contributed by atoms with Gasteiger partial charge in [-0.25, -0.2) is 4.98 Å². The smallest absolute Gasteiger partial charge is 0.0907 e. The van der Waals surface area contributed by atoms with Gasteiger partial charge in [0.1, 0.15) is 0 Å². The van der Waals surface area contributed by atoms with Crippen molar-refractivity contribution in [3.63, 3.8) is 0 Å². The number of thiazole rings is 1. The van der Waals surface area contributed by atoms with E-state index in [1.54, 1.807) is 17.4 Å². The molecule has 0 aliphatic carbocycles. The van der Waals surface area contributed by atoms with Crippen LogP contribution >= 0.6 is 11.3 Å². The van der Waals surface area contributed by atoms with Crippen molar-refractivity contribution in [2.24, 2.45) is 0 Å². The van der Waals surface area contributed by atoms with Gasteiger partial charge in [0.15, 0.2) is 0 Å². The van der Waals surface area contributed by atoms with Crippen LogP contribution in [0.3, 0.4) is 0 Å². The van der Waals surface area contributed by atoms with Gasteiger partial charge < -0.3 is 0 Å². The fourth-order valence-corrected chi connectivity index (χ4v) is 2.11. The van der Waals surface area contributed by atoms with Crippen LogP contribution in [0.1, 0.15) is 10.6 Å². The molecule has 1 radical (unpaired) electrons. The van der Waals surface area contributed by atoms with Crippen LogP contribution in [-0.4, -0.2) is 4.98 Å². The van der Waals surface area contributed by atoms with Crippen molar-refractivity contribution < 1.29 is 0 Å². The minimum Gasteiger partial charge on any atom is -0.241 e. The van der Waals surface area contributed by atoms with E-state index in [-0.39, 0.29) is 0 Å². The molecule has 1 heterocycles. The molecule has 2 heteroatoms. The van der Waals surface area contributed by atoms with Crippen molar-refractivity contribution in [1.82, 2.24) is 4.98 Å². The zero-order chi connectivity index (χ0) is 9.26. The van der Waals surface area contributed by atoms with Crippen molar-refractivity contribution in [3.8, 4) is 0 Å². The van der Waals surface area contributed by atoms with E-state index in [2.05, 4.69) is 30.1 Å². The molecule has 0 saturated heterocycles. The van der Waals surface area contributed by atoms with E-state index in [0.29, 0.717) is 0 Å². The van der Waals surface area contributed by atoms with Gasteiger partial charge in [-0.1, -0.05) is 18.2 Å². The van der Waals surface area contributed by atoms with Crippen molar-refractivity contribution in [2.45, 2.75) is 6.92 Å². The van der Waals surface area contributed by atoms with E-state index >= 15 is 0 Å². The Bertz CT molecular complexity index is 454. The molecule has 1 aromatic heterocycles. The van der Waals surface area contributed by atoms with Crippen LogP contribution in [0, 0.1) is 13.8 Å². The summed E-state index contributed by atoms with van der Waals surface area (Å²) in [6.45, 7) is 5.70. The molecule has 2 rings (SSSR count). The fraction of sp³-hybridized carbons (Fsp3) is 0.0909. The van der Waals surface area contributed by atoms with Gasteiger partial charge in [-0.15, -0.1) is 11.3 Å². The lowest BCUT2D eigenvalue weighted by Gasteiger charge is -1.91. The van der Waals surface area contributed by atoms with Gasteiger partial charge in [-0.3, -0.25) is 0 Å². The number of rotatable bonds is 1. The van der Waals surface area contributed by atoms with E-state index < -0.39 is 0 Å². The third-order valence-corrected chi connectivity index (χ3v) is 2.78. The Balaban J connectivity index is 2.61. The quantitative estimate of drug-likeness (QED) is 0.668. The molecular formula is C11H10NS. The second-order valence-corrected chi connectivity index (χ2v) is 4.10. The molecule has 1 aromatic carbocycles. The summed E-state index contributed by atoms with van der Waals surface area (Å²) < 4.78 is 1.25. The molecule has 0 N–H and O–H groups in total. The van der Waals surface area contributed by atoms with Crippen LogP contribution in [0.2, 0.25) is 0 Å². The van der Waals surface area contributed by atoms with Gasteiger partial charge in [-0.2, -0.15) is 0 Å². The highest BCUT2D eigenvalue weighted by Crippen LogP contribution is 2.22. The third-order valence-electron chi connectivity index (χ3n) is 1.83. The Morgan fingerprint density at radius 3 is 3.08 bits per heavy atom. The van der Waals surface area contributed by atoms with E-state index in [9.17, 15) is 0 Å². The third kappa shape index (κ3) is 1.63. The predicted molar refractivity (Wildman–Crippen MR) is 58.7 cm³/mol. The zero-order valence-corrected chi connectivity index (χ0v) is 8.27. The predicted octanol–water partition coefficient (Wildman–Crippen LogP) is 3.45. The van der Waals surface area contributed by atoms with Crippen LogP contribution < -0.4 is 0 Å². The fourth-order valence-electron chi connectivity index (χ4n) is 1.30. The van der Waals surface area contributed by atoms with Gasteiger partial charge >= 0.3 is 0 Å². The highest BCUT2D eigenvalue weighted by Gasteiger charge is 1.99. The molecule has 0 aliphatic rings. The van der Waals surface area contributed by atoms with Gasteiger partial charge in [0, 0.05) is 0 Å². The minimum atomic E-state index is 1.08. The number of aromatic nitrogens is 1. The van der Waals surface area contributed by atoms with Gasteiger partial charge in [0.05, 0.1) is 15.2 Å². The molecular weight excluding hydrogens is 178 g/mol. The first-order chi connectivity index (χ1) is 6.29. The van der Waals surface area contributed by atoms with E-state index in [1.165, 1.54) is 4.70 Å². The van der Waals surface area contributed by atoms with Gasteiger partial charge in [0.2, 0.25) is 0 Å². The van der Waals surface area contributed by atoms with Gasteiger partial charge in [0.25, 0.3) is 0 Å². The standard InChI is InChI=1S/C11H10NS/c1-3-4-9-5-6-11-10(7-9)12-8(2)13-11/h3-7H,1H2,2H3/b4-3+. The molecule has 0 saturated carbocycles. The number of nitrogens with zero attached hydrogens (tertiary/aromatic N) is 1. The Hall–Kier alpha value is -1.15. The molecule has 2 aromatic rings. The first-order valence-electron chi connectivity index (χ1n) is 4.12. The van der Waals surface area contributed by atoms with Crippen LogP contribution in [0.25, 0.3) is 16.3 Å². The molecule has 0 fully saturated rings. The van der Waals surface area contributed by atoms with Crippen molar-refractivity contribution in [1.29, 1.82) is 0 Å². The second-order valence-electron chi connectivity index (χ2n) is 2.86. The van der Waals surface area contributed by atoms with Crippen LogP contribution in [0.4, 0.5) is 0 Å². The summed E-state index contributed by atoms with van der Waals surface area (Å²) in [6, 6.07) is 6.28. The lowest BCUT2D eigenvalue weighted by atomic mass is 10.2. The molecule has 13 heavy (non-hydrogen) atoms. The Morgan fingerprint density at radius 2 is 2.31 bits per heavy atom. The summed E-state index contributed by atoms with van der Waals surface area (Å²) in [5, 5.41) is 1.12. The monoisotopic (exact) mass is 188 g/mol. The maximum atomic E-state index is 4.42. The highest BCUT2D eigenvalue weighted by atomic mass is 32.1. The molecule has 0 atom stereocenters. The first kappa shape index (κ1) is 8.45. The average molecular weight is 188 g/mol. The summed E-state index contributed by atoms with van der Waals surface area (Å²) in [5.74, 6) is 0. The summed E-state index contributed by atoms with van der Waals surface area (Å²) >= 11 is 1.73. The normalized spacial score (nSPS) is 11.5. The number of allylic oxidation sites excluding steroid dienone is 1. The number of hydrogen-bond donors (Lipinski definition) is 0. The zero-order valence-electron chi connectivity index (χ0n) is 7.45. The maximum Gasteiger partial charge on any atom is 0.0907 e. The summed E-state index contributed by atoms with van der Waals surface area (Å²) in [4.78, 5) is 4.42. The molecule has 1 nitrogen and oxygen atoms in total. The van der Waals surface area contributed by atoms with Crippen LogP contribution in [-0.2, 0) is 0 Å². The lowest BCUT2D eigenvalue weighted by Crippen LogP contribution is -1.72. The topological polar surface area (TPSA) is 12.9 Å². The maximum absolute atomic E-state index is 4.42. The Morgan fingerprint density at radius 1 is 1.46 bits per heavy atom. The van der Waals surface area contributed by atoms with Crippen LogP contribution in [0.5, 0.6) is 0 Å². The SMILES string of the molecule is [CH2]/C=C/c1ccc2sc(C)nc2c1. The number of fused-ring (bicyclic) bond motifs is 1. The largest absolute Gasteiger partial charge is 0.241 e. The molecule has 0 bridgehead atoms. The Labute approximate surface area is 81.7 Å². The lowest BCUT2D eigenvalue weighted by molar-refractivity contribution is 1.35. The number of benzene rings is 1. The summed E-state index contributed by atoms with van der Waals surface area (Å²) in [5.41, 5.74) is 2.24. The summed E-state index contributed by atoms with van der Waals surface area (Å²) in [6.07, 6.45) is 3.77. The highest BCUT2D eigenvalue weighted by molar-refractivity contribution is 7.18. The Kier molecular flexibility index (Phi) is 2.15. The minimum absolute atomic E-state index is 1.08. The molecule has 0 amide bonds. The van der Waals surface area contributed by atoms with Gasteiger partial charge in [-0.05, 0) is 31.5 Å². The molecule has 0 spiro atoms. The van der Waals surface area contributed by atoms with Crippen LogP contribution in [0.15, 0.2) is 24.3 Å². The second kappa shape index (κ2) is 3.30. The molecule has 0 aliphatic heterocycles. The van der Waals surface area contributed by atoms with E-state index in [4.69, 9.17) is 0 Å². The van der Waals surface area contributed by atoms with Crippen molar-refractivity contribution in [3.05, 3.63) is 41.8 Å². The van der Waals surface area contributed by atoms with E-state index in [0.717, 1.165) is 16.1 Å². The number of aryl methyl sites for hydroxylation is 1. The average Bonchev–Trinajstić information content (AvgIpc) is 2.44. The number of hydrogen-bond acceptors (Lipinski definition) is 2. The van der Waals surface area contributed by atoms with E-state index in [1.807, 2.05) is 13.0 Å². The molecule has 65 valence electrons. The molecule has 0 unspecified atom stereocenters. The van der Waals surface area contributed by atoms with Crippen molar-refractivity contribution >= 4 is 27.6 Å². The first-order valence-corrected chi connectivity index (χ1v) is 4.94. The van der Waals surface area contributed by atoms with Crippen molar-refractivity contribution in [2.75, 3.05) is 0 Å².